The van der Waals surface area contributed by atoms with Crippen molar-refractivity contribution in [1.29, 1.82) is 10.5 Å². The van der Waals surface area contributed by atoms with Gasteiger partial charge in [0.05, 0.1) is 0 Å². The van der Waals surface area contributed by atoms with Gasteiger partial charge in [0.1, 0.15) is 18.5 Å². The summed E-state index contributed by atoms with van der Waals surface area (Å²) in [5.74, 6) is 0.334. The predicted molar refractivity (Wildman–Crippen MR) is 45.4 cm³/mol. The zero-order chi connectivity index (χ0) is 10.8. The van der Waals surface area contributed by atoms with E-state index in [2.05, 4.69) is 20.5 Å². The first-order valence-corrected chi connectivity index (χ1v) is 3.88. The van der Waals surface area contributed by atoms with Crippen molar-refractivity contribution in [3.8, 4) is 18.1 Å². The van der Waals surface area contributed by atoms with Crippen LogP contribution < -0.4 is 0 Å². The first-order valence-electron chi connectivity index (χ1n) is 3.88. The third-order valence-electron chi connectivity index (χ3n) is 1.79. The molecule has 8 nitrogen and oxygen atoms in total. The lowest BCUT2D eigenvalue weighted by atomic mass is 10.3. The van der Waals surface area contributed by atoms with Gasteiger partial charge < -0.3 is 0 Å². The van der Waals surface area contributed by atoms with Crippen LogP contribution in [0.1, 0.15) is 11.4 Å². The Kier molecular flexibility index (Phi) is 1.88. The van der Waals surface area contributed by atoms with E-state index in [4.69, 9.17) is 10.5 Å². The van der Waals surface area contributed by atoms with E-state index < -0.39 is 0 Å². The smallest absolute Gasteiger partial charge is 0.255 e. The largest absolute Gasteiger partial charge is 0.256 e. The summed E-state index contributed by atoms with van der Waals surface area (Å²) in [4.78, 5) is 3.77. The standard InChI is InChI=1S/C7H4N8/c1-14-7(11-12-13-14)15-4-10-5(2-8)6(15)3-9/h4H,1H3. The maximum absolute atomic E-state index is 8.87. The van der Waals surface area contributed by atoms with Crippen molar-refractivity contribution in [3.05, 3.63) is 17.7 Å². The van der Waals surface area contributed by atoms with Crippen LogP contribution >= 0.6 is 0 Å². The fourth-order valence-electron chi connectivity index (χ4n) is 1.12. The molecule has 0 saturated carbocycles. The van der Waals surface area contributed by atoms with Crippen molar-refractivity contribution in [1.82, 2.24) is 29.8 Å². The molecule has 0 amide bonds. The molecule has 72 valence electrons. The number of nitrogens with zero attached hydrogens (tertiary/aromatic N) is 8. The summed E-state index contributed by atoms with van der Waals surface area (Å²) in [6, 6.07) is 3.70. The SMILES string of the molecule is Cn1nnnc1-n1cnc(C#N)c1C#N. The van der Waals surface area contributed by atoms with Crippen molar-refractivity contribution < 1.29 is 0 Å². The maximum Gasteiger partial charge on any atom is 0.255 e. The van der Waals surface area contributed by atoms with Crippen molar-refractivity contribution in [2.75, 3.05) is 0 Å². The summed E-state index contributed by atoms with van der Waals surface area (Å²) < 4.78 is 2.74. The first-order chi connectivity index (χ1) is 7.27. The number of nitriles is 2. The van der Waals surface area contributed by atoms with Gasteiger partial charge in [-0.15, -0.1) is 0 Å². The number of rotatable bonds is 1. The molecule has 8 heteroatoms. The molecule has 0 unspecified atom stereocenters. The highest BCUT2D eigenvalue weighted by Crippen LogP contribution is 2.09. The molecular formula is C7H4N8. The quantitative estimate of drug-likeness (QED) is 0.592. The minimum atomic E-state index is 0.0560. The molecule has 0 spiro atoms. The van der Waals surface area contributed by atoms with Crippen LogP contribution in [0.25, 0.3) is 5.95 Å². The van der Waals surface area contributed by atoms with E-state index in [0.29, 0.717) is 5.95 Å². The molecule has 2 aromatic rings. The van der Waals surface area contributed by atoms with Crippen molar-refractivity contribution in [3.63, 3.8) is 0 Å². The summed E-state index contributed by atoms with van der Waals surface area (Å²) >= 11 is 0. The monoisotopic (exact) mass is 200 g/mol. The lowest BCUT2D eigenvalue weighted by Crippen LogP contribution is -2.05. The van der Waals surface area contributed by atoms with Gasteiger partial charge in [-0.1, -0.05) is 5.10 Å². The van der Waals surface area contributed by atoms with Crippen molar-refractivity contribution >= 4 is 0 Å². The Morgan fingerprint density at radius 3 is 2.67 bits per heavy atom. The fourth-order valence-corrected chi connectivity index (χ4v) is 1.12. The van der Waals surface area contributed by atoms with E-state index >= 15 is 0 Å². The maximum atomic E-state index is 8.87. The molecule has 0 aliphatic heterocycles. The van der Waals surface area contributed by atoms with E-state index in [9.17, 15) is 0 Å². The Morgan fingerprint density at radius 2 is 2.13 bits per heavy atom. The third-order valence-corrected chi connectivity index (χ3v) is 1.79. The molecule has 0 atom stereocenters. The summed E-state index contributed by atoms with van der Waals surface area (Å²) in [5.41, 5.74) is 0.177. The molecular weight excluding hydrogens is 196 g/mol. The number of aryl methyl sites for hydroxylation is 1. The van der Waals surface area contributed by atoms with E-state index in [0.717, 1.165) is 0 Å². The highest BCUT2D eigenvalue weighted by molar-refractivity contribution is 5.39. The lowest BCUT2D eigenvalue weighted by Gasteiger charge is -1.98. The summed E-state index contributed by atoms with van der Waals surface area (Å²) in [6.45, 7) is 0. The van der Waals surface area contributed by atoms with Crippen LogP contribution in [0, 0.1) is 22.7 Å². The van der Waals surface area contributed by atoms with Gasteiger partial charge in [-0.3, -0.25) is 4.57 Å². The van der Waals surface area contributed by atoms with E-state index in [-0.39, 0.29) is 11.4 Å². The molecule has 0 fully saturated rings. The van der Waals surface area contributed by atoms with Gasteiger partial charge in [0.25, 0.3) is 5.95 Å². The highest BCUT2D eigenvalue weighted by Gasteiger charge is 2.14. The van der Waals surface area contributed by atoms with E-state index in [1.54, 1.807) is 7.05 Å². The second-order valence-electron chi connectivity index (χ2n) is 2.64. The van der Waals surface area contributed by atoms with Crippen LogP contribution in [0.2, 0.25) is 0 Å². The highest BCUT2D eigenvalue weighted by atomic mass is 15.6. The number of imidazole rings is 1. The Balaban J connectivity index is 2.67. The van der Waals surface area contributed by atoms with Crippen molar-refractivity contribution in [2.45, 2.75) is 0 Å². The average molecular weight is 200 g/mol. The number of hydrogen-bond acceptors (Lipinski definition) is 6. The minimum Gasteiger partial charge on any atom is -0.256 e. The number of hydrogen-bond donors (Lipinski definition) is 0. The molecule has 0 aliphatic carbocycles. The number of aromatic nitrogens is 6. The van der Waals surface area contributed by atoms with Crippen LogP contribution in [0.5, 0.6) is 0 Å². The summed E-state index contributed by atoms with van der Waals surface area (Å²) in [5, 5.41) is 28.3. The second kappa shape index (κ2) is 3.20. The molecule has 15 heavy (non-hydrogen) atoms. The Bertz CT molecular complexity index is 577. The molecule has 2 heterocycles. The Hall–Kier alpha value is -2.74. The van der Waals surface area contributed by atoms with Gasteiger partial charge in [0, 0.05) is 7.05 Å². The van der Waals surface area contributed by atoms with Crippen LogP contribution in [0.15, 0.2) is 6.33 Å². The van der Waals surface area contributed by atoms with Crippen molar-refractivity contribution in [2.24, 2.45) is 7.05 Å². The summed E-state index contributed by atoms with van der Waals surface area (Å²) in [7, 11) is 1.63. The van der Waals surface area contributed by atoms with E-state index in [1.807, 2.05) is 12.1 Å². The van der Waals surface area contributed by atoms with Crippen LogP contribution in [-0.4, -0.2) is 29.8 Å². The Labute approximate surface area is 84.0 Å². The molecule has 0 radical (unpaired) electrons. The molecule has 0 aliphatic rings. The van der Waals surface area contributed by atoms with Gasteiger partial charge >= 0.3 is 0 Å². The van der Waals surface area contributed by atoms with Gasteiger partial charge in [-0.2, -0.15) is 10.5 Å². The third kappa shape index (κ3) is 1.21. The zero-order valence-corrected chi connectivity index (χ0v) is 7.66. The molecule has 2 rings (SSSR count). The topological polar surface area (TPSA) is 109 Å². The normalized spacial score (nSPS) is 9.53. The predicted octanol–water partition coefficient (Wildman–Crippen LogP) is -0.861. The van der Waals surface area contributed by atoms with Gasteiger partial charge in [-0.25, -0.2) is 9.67 Å². The lowest BCUT2D eigenvalue weighted by molar-refractivity contribution is 0.690. The minimum absolute atomic E-state index is 0.0560. The van der Waals surface area contributed by atoms with E-state index in [1.165, 1.54) is 15.6 Å². The zero-order valence-electron chi connectivity index (χ0n) is 7.66. The number of tetrazole rings is 1. The average Bonchev–Trinajstić information content (AvgIpc) is 2.82. The van der Waals surface area contributed by atoms with Crippen LogP contribution in [-0.2, 0) is 7.05 Å². The summed E-state index contributed by atoms with van der Waals surface area (Å²) in [6.07, 6.45) is 1.34. The second-order valence-corrected chi connectivity index (χ2v) is 2.64. The molecule has 0 bridgehead atoms. The van der Waals surface area contributed by atoms with Crippen LogP contribution in [0.4, 0.5) is 0 Å². The molecule has 0 aromatic carbocycles. The Morgan fingerprint density at radius 1 is 1.33 bits per heavy atom. The van der Waals surface area contributed by atoms with Gasteiger partial charge in [0.15, 0.2) is 11.4 Å². The van der Waals surface area contributed by atoms with Crippen LogP contribution in [0.3, 0.4) is 0 Å². The molecule has 0 saturated heterocycles. The fraction of sp³-hybridized carbons (Fsp3) is 0.143. The first kappa shape index (κ1) is 8.84. The molecule has 2 aromatic heterocycles. The van der Waals surface area contributed by atoms with Gasteiger partial charge in [0.2, 0.25) is 0 Å². The van der Waals surface area contributed by atoms with Gasteiger partial charge in [-0.05, 0) is 10.4 Å². The molecule has 0 N–H and O–H groups in total.